The normalized spacial score (nSPS) is 16.3. The SMILES string of the molecule is CC(C)(C)OC(=O)N(CC(F)(F)F)c1cc(-c2nc(C(=O)Nc3cn(C4(C)C=CC(C(=O)O)=CC4)nc3CN=[N+]=[N-])co2)ccn1. The number of aliphatic carboxylic acids is 1. The Kier molecular flexibility index (Phi) is 9.23. The van der Waals surface area contributed by atoms with Crippen molar-refractivity contribution in [2.75, 3.05) is 16.8 Å². The fraction of sp³-hybridized carbons (Fsp3) is 0.357. The van der Waals surface area contributed by atoms with Crippen molar-refractivity contribution in [2.24, 2.45) is 5.11 Å². The number of oxazole rings is 1. The summed E-state index contributed by atoms with van der Waals surface area (Å²) in [5.41, 5.74) is 7.35. The number of carboxylic acid groups (broad SMARTS) is 1. The molecule has 0 bridgehead atoms. The quantitative estimate of drug-likeness (QED) is 0.160. The first-order chi connectivity index (χ1) is 21.5. The maximum atomic E-state index is 13.3. The largest absolute Gasteiger partial charge is 0.478 e. The van der Waals surface area contributed by atoms with Gasteiger partial charge in [-0.25, -0.2) is 19.6 Å². The van der Waals surface area contributed by atoms with Gasteiger partial charge < -0.3 is 19.6 Å². The monoisotopic (exact) mass is 643 g/mol. The number of pyridine rings is 1. The van der Waals surface area contributed by atoms with E-state index >= 15 is 0 Å². The molecule has 242 valence electrons. The predicted octanol–water partition coefficient (Wildman–Crippen LogP) is 5.99. The predicted molar refractivity (Wildman–Crippen MR) is 156 cm³/mol. The van der Waals surface area contributed by atoms with Gasteiger partial charge in [0.1, 0.15) is 24.2 Å². The zero-order valence-corrected chi connectivity index (χ0v) is 24.9. The zero-order chi connectivity index (χ0) is 33.9. The van der Waals surface area contributed by atoms with Crippen molar-refractivity contribution < 1.29 is 41.8 Å². The van der Waals surface area contributed by atoms with E-state index in [1.807, 2.05) is 0 Å². The van der Waals surface area contributed by atoms with E-state index in [9.17, 15) is 32.7 Å². The fourth-order valence-electron chi connectivity index (χ4n) is 4.17. The maximum Gasteiger partial charge on any atom is 0.416 e. The highest BCUT2D eigenvalue weighted by atomic mass is 19.4. The van der Waals surface area contributed by atoms with Crippen molar-refractivity contribution in [3.05, 3.63) is 76.4 Å². The van der Waals surface area contributed by atoms with Gasteiger partial charge in [0.05, 0.1) is 29.0 Å². The summed E-state index contributed by atoms with van der Waals surface area (Å²) in [6.07, 6.45) is 2.52. The van der Waals surface area contributed by atoms with Gasteiger partial charge in [-0.1, -0.05) is 17.3 Å². The lowest BCUT2D eigenvalue weighted by Crippen LogP contribution is -2.42. The first-order valence-corrected chi connectivity index (χ1v) is 13.5. The summed E-state index contributed by atoms with van der Waals surface area (Å²) in [4.78, 5) is 48.1. The van der Waals surface area contributed by atoms with E-state index in [1.165, 1.54) is 49.9 Å². The number of carboxylic acids is 1. The highest BCUT2D eigenvalue weighted by Crippen LogP contribution is 2.31. The number of anilines is 2. The number of hydrogen-bond donors (Lipinski definition) is 2. The molecule has 2 N–H and O–H groups in total. The Morgan fingerprint density at radius 2 is 2.04 bits per heavy atom. The highest BCUT2D eigenvalue weighted by molar-refractivity contribution is 6.03. The minimum atomic E-state index is -4.77. The maximum absolute atomic E-state index is 13.3. The topological polar surface area (TPSA) is 201 Å². The molecule has 0 radical (unpaired) electrons. The summed E-state index contributed by atoms with van der Waals surface area (Å²) in [7, 11) is 0. The summed E-state index contributed by atoms with van der Waals surface area (Å²) in [5, 5.41) is 19.8. The second kappa shape index (κ2) is 12.8. The fourth-order valence-corrected chi connectivity index (χ4v) is 4.17. The van der Waals surface area contributed by atoms with Crippen molar-refractivity contribution in [1.82, 2.24) is 19.7 Å². The van der Waals surface area contributed by atoms with Crippen LogP contribution in [0.25, 0.3) is 21.9 Å². The van der Waals surface area contributed by atoms with Crippen molar-refractivity contribution in [3.63, 3.8) is 0 Å². The van der Waals surface area contributed by atoms with Gasteiger partial charge >= 0.3 is 18.2 Å². The van der Waals surface area contributed by atoms with Crippen LogP contribution in [0.15, 0.2) is 64.1 Å². The summed E-state index contributed by atoms with van der Waals surface area (Å²) >= 11 is 0. The number of nitrogens with zero attached hydrogens (tertiary/aromatic N) is 8. The second-order valence-corrected chi connectivity index (χ2v) is 11.3. The third-order valence-corrected chi connectivity index (χ3v) is 6.41. The van der Waals surface area contributed by atoms with E-state index in [1.54, 1.807) is 13.0 Å². The van der Waals surface area contributed by atoms with Crippen LogP contribution in [0.5, 0.6) is 0 Å². The van der Waals surface area contributed by atoms with E-state index < -0.39 is 41.8 Å². The van der Waals surface area contributed by atoms with Gasteiger partial charge in [0.2, 0.25) is 5.89 Å². The number of aromatic nitrogens is 4. The lowest BCUT2D eigenvalue weighted by molar-refractivity contribution is -0.132. The molecule has 18 heteroatoms. The van der Waals surface area contributed by atoms with Crippen LogP contribution in [0, 0.1) is 0 Å². The Morgan fingerprint density at radius 1 is 1.30 bits per heavy atom. The molecule has 4 rings (SSSR count). The van der Waals surface area contributed by atoms with Crippen LogP contribution in [0.3, 0.4) is 0 Å². The van der Waals surface area contributed by atoms with Gasteiger partial charge in [0.25, 0.3) is 5.91 Å². The molecule has 0 aliphatic heterocycles. The lowest BCUT2D eigenvalue weighted by Gasteiger charge is -2.28. The Bertz CT molecular complexity index is 1770. The number of halogens is 3. The molecular weight excluding hydrogens is 615 g/mol. The number of nitrogens with one attached hydrogen (secondary N) is 1. The number of alkyl halides is 3. The lowest BCUT2D eigenvalue weighted by atomic mass is 9.91. The molecule has 3 heterocycles. The third kappa shape index (κ3) is 8.09. The van der Waals surface area contributed by atoms with Crippen LogP contribution >= 0.6 is 0 Å². The molecule has 0 fully saturated rings. The molecule has 0 spiro atoms. The van der Waals surface area contributed by atoms with Crippen molar-refractivity contribution >= 4 is 29.5 Å². The number of rotatable bonds is 9. The number of carbonyl (C=O) groups is 3. The minimum absolute atomic E-state index is 0.113. The molecule has 1 aliphatic rings. The van der Waals surface area contributed by atoms with E-state index in [2.05, 4.69) is 30.4 Å². The summed E-state index contributed by atoms with van der Waals surface area (Å²) in [6, 6.07) is 2.50. The van der Waals surface area contributed by atoms with E-state index in [0.717, 1.165) is 18.5 Å². The molecule has 0 saturated heterocycles. The molecule has 15 nitrogen and oxygen atoms in total. The van der Waals surface area contributed by atoms with Crippen LogP contribution in [-0.4, -0.2) is 61.1 Å². The van der Waals surface area contributed by atoms with Crippen LogP contribution in [0.2, 0.25) is 0 Å². The minimum Gasteiger partial charge on any atom is -0.478 e. The Hall–Kier alpha value is -5.64. The molecule has 0 aromatic carbocycles. The smallest absolute Gasteiger partial charge is 0.416 e. The van der Waals surface area contributed by atoms with Gasteiger partial charge in [-0.15, -0.1) is 0 Å². The molecule has 2 amide bonds. The Balaban J connectivity index is 1.58. The molecule has 3 aromatic rings. The molecule has 46 heavy (non-hydrogen) atoms. The van der Waals surface area contributed by atoms with Gasteiger partial charge in [-0.3, -0.25) is 14.4 Å². The first-order valence-electron chi connectivity index (χ1n) is 13.5. The molecular formula is C28H28F3N9O6. The van der Waals surface area contributed by atoms with E-state index in [0.29, 0.717) is 4.90 Å². The van der Waals surface area contributed by atoms with Gasteiger partial charge in [-0.05, 0) is 57.9 Å². The van der Waals surface area contributed by atoms with E-state index in [-0.39, 0.29) is 52.9 Å². The summed E-state index contributed by atoms with van der Waals surface area (Å²) < 4.78 is 52.1. The Labute approximate surface area is 259 Å². The second-order valence-electron chi connectivity index (χ2n) is 11.3. The Morgan fingerprint density at radius 3 is 2.65 bits per heavy atom. The number of ether oxygens (including phenoxy) is 1. The molecule has 1 aliphatic carbocycles. The van der Waals surface area contributed by atoms with Crippen LogP contribution in [0.1, 0.15) is 50.3 Å². The van der Waals surface area contributed by atoms with Crippen LogP contribution in [0.4, 0.5) is 29.5 Å². The van der Waals surface area contributed by atoms with Gasteiger partial charge in [0, 0.05) is 22.9 Å². The molecule has 3 aromatic heterocycles. The molecule has 0 saturated carbocycles. The number of azide groups is 1. The third-order valence-electron chi connectivity index (χ3n) is 6.41. The molecule has 1 unspecified atom stereocenters. The van der Waals surface area contributed by atoms with Crippen molar-refractivity contribution in [2.45, 2.75) is 58.0 Å². The van der Waals surface area contributed by atoms with Crippen molar-refractivity contribution in [1.29, 1.82) is 0 Å². The zero-order valence-electron chi connectivity index (χ0n) is 24.9. The first kappa shape index (κ1) is 33.3. The molecule has 1 atom stereocenters. The van der Waals surface area contributed by atoms with Crippen LogP contribution < -0.4 is 10.2 Å². The standard InChI is InChI=1S/C28H28F3N9O6/c1-26(2,3)46-25(44)39(15-28(29,30)31)21-11-17(7-10-33-21)23-36-20(14-45-23)22(41)35-19-13-40(37-18(19)12-34-38-32)27(4)8-5-16(6-9-27)24(42)43/h5-8,10-11,13-14H,9,12,15H2,1-4H3,(H,35,41)(H,42,43). The van der Waals surface area contributed by atoms with E-state index in [4.69, 9.17) is 14.7 Å². The average Bonchev–Trinajstić information content (AvgIpc) is 3.62. The summed E-state index contributed by atoms with van der Waals surface area (Å²) in [5.74, 6) is -2.38. The van der Waals surface area contributed by atoms with Crippen molar-refractivity contribution in [3.8, 4) is 11.5 Å². The number of allylic oxidation sites excluding steroid dienone is 2. The average molecular weight is 644 g/mol. The summed E-state index contributed by atoms with van der Waals surface area (Å²) in [6.45, 7) is 4.42. The van der Waals surface area contributed by atoms with Crippen LogP contribution in [-0.2, 0) is 21.6 Å². The number of hydrogen-bond acceptors (Lipinski definition) is 9. The number of carbonyl (C=O) groups excluding carboxylic acids is 2. The van der Waals surface area contributed by atoms with Gasteiger partial charge in [-0.2, -0.15) is 18.3 Å². The highest BCUT2D eigenvalue weighted by Gasteiger charge is 2.37. The number of amides is 2. The van der Waals surface area contributed by atoms with Gasteiger partial charge in [0.15, 0.2) is 5.69 Å².